The summed E-state index contributed by atoms with van der Waals surface area (Å²) in [5.41, 5.74) is 16.0. The standard InChI is InChI=1S/C29H35N9O5S/c30-23(39)19(11-7-13-33-28(31)32)34-24(40)18-10-6-12-21-22(18)36-25(41)27(43)37(21)14-4-5-15-38-26(42)20(35-29(38)44)16-17-8-2-1-3-9-17/h1-3,6,8-10,12,19-20H,4-5,7,11,13-16H2,(H2,30,39)(H,34,40)(H,35,44)(H,36,41)(H4,31,32,33)/t19-,20?/m0/s1. The number of primary amides is 1. The molecule has 2 atom stereocenters. The van der Waals surface area contributed by atoms with Crippen molar-refractivity contribution in [2.75, 3.05) is 13.1 Å². The van der Waals surface area contributed by atoms with Crippen LogP contribution in [0.25, 0.3) is 11.0 Å². The Morgan fingerprint density at radius 2 is 1.70 bits per heavy atom. The number of carbonyl (C=O) groups excluding carboxylic acids is 3. The summed E-state index contributed by atoms with van der Waals surface area (Å²) in [4.78, 5) is 71.4. The first-order valence-corrected chi connectivity index (χ1v) is 14.5. The topological polar surface area (TPSA) is 224 Å². The number of nitrogens with one attached hydrogen (secondary N) is 3. The lowest BCUT2D eigenvalue weighted by Crippen LogP contribution is -2.45. The lowest BCUT2D eigenvalue weighted by molar-refractivity contribution is -0.127. The van der Waals surface area contributed by atoms with Crippen LogP contribution < -0.4 is 39.0 Å². The van der Waals surface area contributed by atoms with Crippen LogP contribution >= 0.6 is 12.2 Å². The summed E-state index contributed by atoms with van der Waals surface area (Å²) < 4.78 is 1.30. The first kappa shape index (κ1) is 31.9. The average molecular weight is 622 g/mol. The summed E-state index contributed by atoms with van der Waals surface area (Å²) in [6.45, 7) is 0.754. The van der Waals surface area contributed by atoms with Crippen LogP contribution in [0.5, 0.6) is 0 Å². The zero-order valence-electron chi connectivity index (χ0n) is 24.0. The van der Waals surface area contributed by atoms with E-state index in [4.69, 9.17) is 29.4 Å². The molecule has 1 fully saturated rings. The Morgan fingerprint density at radius 3 is 2.41 bits per heavy atom. The molecule has 14 nitrogen and oxygen atoms in total. The van der Waals surface area contributed by atoms with Gasteiger partial charge in [0.25, 0.3) is 11.8 Å². The SMILES string of the molecule is NC(=O)[C@H](CCCN=C(N)N)NC(=O)c1cccc2c1[nH]c(=O)c(=O)n2CCCCN1C(=O)C(Cc2ccccc2)NC1=S. The number of benzene rings is 2. The van der Waals surface area contributed by atoms with Crippen LogP contribution in [0.15, 0.2) is 63.1 Å². The minimum Gasteiger partial charge on any atom is -0.370 e. The number of aryl methyl sites for hydroxylation is 1. The molecule has 0 aliphatic carbocycles. The van der Waals surface area contributed by atoms with Gasteiger partial charge < -0.3 is 37.4 Å². The maximum Gasteiger partial charge on any atom is 0.316 e. The van der Waals surface area contributed by atoms with Gasteiger partial charge in [-0.15, -0.1) is 0 Å². The summed E-state index contributed by atoms with van der Waals surface area (Å²) in [7, 11) is 0. The molecule has 0 spiro atoms. The molecule has 1 aliphatic rings. The number of nitrogens with zero attached hydrogens (tertiary/aromatic N) is 3. The molecule has 1 aliphatic heterocycles. The minimum atomic E-state index is -1.01. The van der Waals surface area contributed by atoms with E-state index in [1.807, 2.05) is 30.3 Å². The van der Waals surface area contributed by atoms with Crippen molar-refractivity contribution in [2.45, 2.75) is 50.7 Å². The first-order chi connectivity index (χ1) is 21.1. The van der Waals surface area contributed by atoms with Crippen molar-refractivity contribution in [1.29, 1.82) is 0 Å². The van der Waals surface area contributed by atoms with Gasteiger partial charge in [-0.1, -0.05) is 36.4 Å². The Labute approximate surface area is 257 Å². The fourth-order valence-corrected chi connectivity index (χ4v) is 5.37. The van der Waals surface area contributed by atoms with Crippen molar-refractivity contribution in [3.05, 3.63) is 80.4 Å². The normalized spacial score (nSPS) is 15.2. The summed E-state index contributed by atoms with van der Waals surface area (Å²) in [5, 5.41) is 6.03. The van der Waals surface area contributed by atoms with E-state index in [1.54, 1.807) is 12.1 Å². The number of unbranched alkanes of at least 4 members (excludes halogenated alkanes) is 1. The van der Waals surface area contributed by atoms with Gasteiger partial charge in [-0.05, 0) is 55.6 Å². The molecule has 9 N–H and O–H groups in total. The van der Waals surface area contributed by atoms with Gasteiger partial charge in [-0.25, -0.2) is 0 Å². The molecule has 0 radical (unpaired) electrons. The van der Waals surface area contributed by atoms with Gasteiger partial charge in [0.2, 0.25) is 5.91 Å². The molecule has 15 heteroatoms. The number of thiocarbonyl (C=S) groups is 1. The van der Waals surface area contributed by atoms with Crippen molar-refractivity contribution >= 4 is 52.0 Å². The smallest absolute Gasteiger partial charge is 0.316 e. The van der Waals surface area contributed by atoms with Crippen LogP contribution in [-0.4, -0.2) is 68.4 Å². The van der Waals surface area contributed by atoms with Crippen LogP contribution in [0, 0.1) is 0 Å². The van der Waals surface area contributed by atoms with Crippen molar-refractivity contribution in [3.8, 4) is 0 Å². The van der Waals surface area contributed by atoms with E-state index in [1.165, 1.54) is 15.5 Å². The van der Waals surface area contributed by atoms with Gasteiger partial charge in [-0.2, -0.15) is 0 Å². The van der Waals surface area contributed by atoms with Gasteiger partial charge in [0, 0.05) is 26.1 Å². The third-order valence-corrected chi connectivity index (χ3v) is 7.59. The molecule has 1 aromatic heterocycles. The summed E-state index contributed by atoms with van der Waals surface area (Å²) in [6.07, 6.45) is 2.04. The number of amides is 3. The highest BCUT2D eigenvalue weighted by Crippen LogP contribution is 2.17. The number of aromatic nitrogens is 2. The van der Waals surface area contributed by atoms with Crippen LogP contribution in [-0.2, 0) is 22.6 Å². The monoisotopic (exact) mass is 621 g/mol. The Balaban J connectivity index is 1.43. The van der Waals surface area contributed by atoms with Crippen LogP contribution in [0.1, 0.15) is 41.6 Å². The van der Waals surface area contributed by atoms with Crippen molar-refractivity contribution in [1.82, 2.24) is 25.1 Å². The second-order valence-corrected chi connectivity index (χ2v) is 10.8. The lowest BCUT2D eigenvalue weighted by atomic mass is 10.1. The highest BCUT2D eigenvalue weighted by atomic mass is 32.1. The number of aliphatic imine (C=N–C) groups is 1. The Morgan fingerprint density at radius 1 is 0.977 bits per heavy atom. The average Bonchev–Trinajstić information content (AvgIpc) is 3.25. The van der Waals surface area contributed by atoms with Gasteiger partial charge in [0.05, 0.1) is 16.6 Å². The van der Waals surface area contributed by atoms with E-state index in [0.29, 0.717) is 42.9 Å². The van der Waals surface area contributed by atoms with Gasteiger partial charge in [-0.3, -0.25) is 33.9 Å². The molecule has 3 amide bonds. The minimum absolute atomic E-state index is 0.0624. The Bertz CT molecular complexity index is 1700. The fraction of sp³-hybridized carbons (Fsp3) is 0.345. The second-order valence-electron chi connectivity index (χ2n) is 10.4. The summed E-state index contributed by atoms with van der Waals surface area (Å²) in [6, 6.07) is 12.8. The highest BCUT2D eigenvalue weighted by molar-refractivity contribution is 7.80. The van der Waals surface area contributed by atoms with E-state index in [-0.39, 0.29) is 42.5 Å². The number of aromatic amines is 1. The number of carbonyl (C=O) groups is 3. The van der Waals surface area contributed by atoms with E-state index < -0.39 is 35.0 Å². The second kappa shape index (κ2) is 14.4. The number of rotatable bonds is 14. The number of hydrogen-bond acceptors (Lipinski definition) is 7. The summed E-state index contributed by atoms with van der Waals surface area (Å²) >= 11 is 5.39. The lowest BCUT2D eigenvalue weighted by Gasteiger charge is -2.17. The van der Waals surface area contributed by atoms with Crippen LogP contribution in [0.4, 0.5) is 0 Å². The van der Waals surface area contributed by atoms with Crippen molar-refractivity contribution in [3.63, 3.8) is 0 Å². The molecule has 2 aromatic carbocycles. The quantitative estimate of drug-likeness (QED) is 0.0445. The van der Waals surface area contributed by atoms with Gasteiger partial charge in [0.1, 0.15) is 12.1 Å². The number of hydrogen-bond donors (Lipinski definition) is 6. The number of H-pyrrole nitrogens is 1. The zero-order chi connectivity index (χ0) is 31.8. The summed E-state index contributed by atoms with van der Waals surface area (Å²) in [5.74, 6) is -1.60. The zero-order valence-corrected chi connectivity index (χ0v) is 24.8. The first-order valence-electron chi connectivity index (χ1n) is 14.1. The molecule has 2 heterocycles. The third kappa shape index (κ3) is 7.66. The number of nitrogens with two attached hydrogens (primary N) is 3. The molecular weight excluding hydrogens is 586 g/mol. The highest BCUT2D eigenvalue weighted by Gasteiger charge is 2.34. The van der Waals surface area contributed by atoms with E-state index in [2.05, 4.69) is 20.6 Å². The van der Waals surface area contributed by atoms with E-state index in [0.717, 1.165) is 5.56 Å². The molecule has 1 saturated heterocycles. The maximum atomic E-state index is 13.2. The van der Waals surface area contributed by atoms with Gasteiger partial charge >= 0.3 is 11.1 Å². The molecule has 3 aromatic rings. The van der Waals surface area contributed by atoms with Crippen LogP contribution in [0.3, 0.4) is 0 Å². The predicted octanol–water partition coefficient (Wildman–Crippen LogP) is -0.565. The molecule has 0 saturated carbocycles. The van der Waals surface area contributed by atoms with Gasteiger partial charge in [0.15, 0.2) is 11.1 Å². The van der Waals surface area contributed by atoms with Crippen molar-refractivity contribution in [2.24, 2.45) is 22.2 Å². The number of fused-ring (bicyclic) bond motifs is 1. The Hall–Kier alpha value is -5.05. The molecular formula is C29H35N9O5S. The molecule has 0 bridgehead atoms. The molecule has 232 valence electrons. The van der Waals surface area contributed by atoms with E-state index >= 15 is 0 Å². The number of para-hydroxylation sites is 1. The molecule has 4 rings (SSSR count). The van der Waals surface area contributed by atoms with Crippen molar-refractivity contribution < 1.29 is 14.4 Å². The number of guanidine groups is 1. The fourth-order valence-electron chi connectivity index (χ4n) is 5.05. The maximum absolute atomic E-state index is 13.2. The van der Waals surface area contributed by atoms with E-state index in [9.17, 15) is 24.0 Å². The molecule has 44 heavy (non-hydrogen) atoms. The van der Waals surface area contributed by atoms with Crippen LogP contribution in [0.2, 0.25) is 0 Å². The molecule has 1 unspecified atom stereocenters. The largest absolute Gasteiger partial charge is 0.370 e. The predicted molar refractivity (Wildman–Crippen MR) is 170 cm³/mol. The Kier molecular flexibility index (Phi) is 10.4. The third-order valence-electron chi connectivity index (χ3n) is 7.25.